The van der Waals surface area contributed by atoms with Crippen molar-refractivity contribution in [2.24, 2.45) is 11.7 Å². The van der Waals surface area contributed by atoms with Gasteiger partial charge in [0, 0.05) is 28.9 Å². The van der Waals surface area contributed by atoms with Gasteiger partial charge in [0.1, 0.15) is 4.99 Å². The average molecular weight is 309 g/mol. The number of thiocarbonyl (C=S) groups is 1. The fourth-order valence-corrected chi connectivity index (χ4v) is 4.21. The zero-order valence-corrected chi connectivity index (χ0v) is 13.2. The molecule has 2 nitrogen and oxygen atoms in total. The molecule has 1 aliphatic carbocycles. The summed E-state index contributed by atoms with van der Waals surface area (Å²) in [7, 11) is 0. The molecule has 20 heavy (non-hydrogen) atoms. The third-order valence-electron chi connectivity index (χ3n) is 4.78. The maximum atomic E-state index is 6.21. The van der Waals surface area contributed by atoms with Crippen molar-refractivity contribution in [2.75, 3.05) is 11.4 Å². The van der Waals surface area contributed by atoms with Crippen molar-refractivity contribution in [3.63, 3.8) is 0 Å². The van der Waals surface area contributed by atoms with Gasteiger partial charge in [-0.2, -0.15) is 0 Å². The largest absolute Gasteiger partial charge is 0.389 e. The average Bonchev–Trinajstić information content (AvgIpc) is 2.46. The Hall–Kier alpha value is -0.800. The van der Waals surface area contributed by atoms with E-state index >= 15 is 0 Å². The van der Waals surface area contributed by atoms with Gasteiger partial charge < -0.3 is 10.6 Å². The van der Waals surface area contributed by atoms with Gasteiger partial charge in [-0.15, -0.1) is 0 Å². The fraction of sp³-hybridized carbons (Fsp3) is 0.562. The Morgan fingerprint density at radius 3 is 2.75 bits per heavy atom. The van der Waals surface area contributed by atoms with E-state index in [9.17, 15) is 0 Å². The minimum absolute atomic E-state index is 0.467. The Labute approximate surface area is 131 Å². The molecule has 1 aromatic rings. The van der Waals surface area contributed by atoms with Crippen molar-refractivity contribution in [3.8, 4) is 0 Å². The number of hydrogen-bond acceptors (Lipinski definition) is 2. The van der Waals surface area contributed by atoms with Gasteiger partial charge in [-0.25, -0.2) is 0 Å². The summed E-state index contributed by atoms with van der Waals surface area (Å²) in [4.78, 5) is 2.99. The van der Waals surface area contributed by atoms with Crippen LogP contribution in [-0.4, -0.2) is 17.6 Å². The lowest BCUT2D eigenvalue weighted by atomic mass is 9.78. The first-order chi connectivity index (χ1) is 9.66. The van der Waals surface area contributed by atoms with Gasteiger partial charge in [0.25, 0.3) is 0 Å². The van der Waals surface area contributed by atoms with Crippen LogP contribution < -0.4 is 10.6 Å². The Morgan fingerprint density at radius 2 is 1.95 bits per heavy atom. The summed E-state index contributed by atoms with van der Waals surface area (Å²) in [5.74, 6) is 0.829. The highest BCUT2D eigenvalue weighted by atomic mass is 35.5. The normalized spacial score (nSPS) is 26.1. The second-order valence-corrected chi connectivity index (χ2v) is 6.85. The van der Waals surface area contributed by atoms with E-state index in [4.69, 9.17) is 29.6 Å². The molecule has 2 fully saturated rings. The molecule has 3 rings (SSSR count). The van der Waals surface area contributed by atoms with Crippen LogP contribution in [-0.2, 0) is 0 Å². The SMILES string of the molecule is NC(=S)c1ccc(Cl)cc1N1CCC[C@H]2CCCC[C@H]21. The molecule has 0 unspecified atom stereocenters. The first-order valence-corrected chi connectivity index (χ1v) is 8.31. The smallest absolute Gasteiger partial charge is 0.106 e. The van der Waals surface area contributed by atoms with Crippen LogP contribution in [0.4, 0.5) is 5.69 Å². The van der Waals surface area contributed by atoms with Crippen LogP contribution in [0.3, 0.4) is 0 Å². The molecule has 1 saturated carbocycles. The minimum atomic E-state index is 0.467. The van der Waals surface area contributed by atoms with Gasteiger partial charge >= 0.3 is 0 Å². The van der Waals surface area contributed by atoms with Gasteiger partial charge in [-0.05, 0) is 49.8 Å². The molecule has 108 valence electrons. The lowest BCUT2D eigenvalue weighted by Crippen LogP contribution is -2.47. The fourth-order valence-electron chi connectivity index (χ4n) is 3.87. The number of piperidine rings is 1. The van der Waals surface area contributed by atoms with Crippen LogP contribution in [0.15, 0.2) is 18.2 Å². The van der Waals surface area contributed by atoms with Crippen molar-refractivity contribution < 1.29 is 0 Å². The second kappa shape index (κ2) is 5.90. The van der Waals surface area contributed by atoms with E-state index in [1.807, 2.05) is 18.2 Å². The number of benzene rings is 1. The van der Waals surface area contributed by atoms with E-state index in [1.54, 1.807) is 0 Å². The molecule has 1 aromatic carbocycles. The highest BCUT2D eigenvalue weighted by Gasteiger charge is 2.34. The van der Waals surface area contributed by atoms with E-state index in [1.165, 1.54) is 38.5 Å². The van der Waals surface area contributed by atoms with Crippen molar-refractivity contribution >= 4 is 34.5 Å². The predicted molar refractivity (Wildman–Crippen MR) is 89.7 cm³/mol. The van der Waals surface area contributed by atoms with Crippen molar-refractivity contribution in [1.82, 2.24) is 0 Å². The van der Waals surface area contributed by atoms with Crippen molar-refractivity contribution in [2.45, 2.75) is 44.6 Å². The quantitative estimate of drug-likeness (QED) is 0.833. The van der Waals surface area contributed by atoms with E-state index in [2.05, 4.69) is 4.90 Å². The van der Waals surface area contributed by atoms with Crippen LogP contribution in [0.1, 0.15) is 44.1 Å². The first kappa shape index (κ1) is 14.2. The zero-order valence-electron chi connectivity index (χ0n) is 11.6. The van der Waals surface area contributed by atoms with Crippen LogP contribution >= 0.6 is 23.8 Å². The summed E-state index contributed by atoms with van der Waals surface area (Å²) in [6, 6.07) is 6.52. The maximum absolute atomic E-state index is 6.21. The molecule has 1 saturated heterocycles. The Balaban J connectivity index is 1.98. The van der Waals surface area contributed by atoms with Crippen LogP contribution in [0.2, 0.25) is 5.02 Å². The van der Waals surface area contributed by atoms with Crippen LogP contribution in [0.5, 0.6) is 0 Å². The van der Waals surface area contributed by atoms with Gasteiger partial charge in [0.2, 0.25) is 0 Å². The minimum Gasteiger partial charge on any atom is -0.389 e. The summed E-state index contributed by atoms with van der Waals surface area (Å²) in [6.45, 7) is 1.09. The van der Waals surface area contributed by atoms with Crippen molar-refractivity contribution in [1.29, 1.82) is 0 Å². The number of fused-ring (bicyclic) bond motifs is 1. The summed E-state index contributed by atoms with van der Waals surface area (Å²) < 4.78 is 0. The molecule has 2 N–H and O–H groups in total. The van der Waals surface area contributed by atoms with Crippen molar-refractivity contribution in [3.05, 3.63) is 28.8 Å². The first-order valence-electron chi connectivity index (χ1n) is 7.53. The van der Waals surface area contributed by atoms with Gasteiger partial charge in [-0.3, -0.25) is 0 Å². The number of anilines is 1. The molecule has 0 bridgehead atoms. The Morgan fingerprint density at radius 1 is 1.20 bits per heavy atom. The third kappa shape index (κ3) is 2.66. The molecular formula is C16H21ClN2S. The molecule has 2 atom stereocenters. The Kier molecular flexibility index (Phi) is 4.18. The van der Waals surface area contributed by atoms with Crippen LogP contribution in [0, 0.1) is 5.92 Å². The molecule has 1 heterocycles. The summed E-state index contributed by atoms with van der Waals surface area (Å²) in [6.07, 6.45) is 7.99. The summed E-state index contributed by atoms with van der Waals surface area (Å²) >= 11 is 11.4. The molecular weight excluding hydrogens is 288 g/mol. The molecule has 0 aromatic heterocycles. The molecule has 0 spiro atoms. The number of rotatable bonds is 2. The monoisotopic (exact) mass is 308 g/mol. The van der Waals surface area contributed by atoms with E-state index in [-0.39, 0.29) is 0 Å². The predicted octanol–water partition coefficient (Wildman–Crippen LogP) is 4.13. The van der Waals surface area contributed by atoms with E-state index in [0.29, 0.717) is 11.0 Å². The molecule has 0 amide bonds. The Bertz CT molecular complexity index is 515. The molecule has 4 heteroatoms. The lowest BCUT2D eigenvalue weighted by molar-refractivity contribution is 0.244. The maximum Gasteiger partial charge on any atom is 0.106 e. The topological polar surface area (TPSA) is 29.3 Å². The van der Waals surface area contributed by atoms with Gasteiger partial charge in [-0.1, -0.05) is 36.7 Å². The van der Waals surface area contributed by atoms with E-state index < -0.39 is 0 Å². The molecule has 0 radical (unpaired) electrons. The number of hydrogen-bond donors (Lipinski definition) is 1. The highest BCUT2D eigenvalue weighted by Crippen LogP contribution is 2.39. The second-order valence-electron chi connectivity index (χ2n) is 5.97. The number of halogens is 1. The standard InChI is InChI=1S/C16H21ClN2S/c17-12-7-8-13(16(18)20)15(10-12)19-9-3-5-11-4-1-2-6-14(11)19/h7-8,10-11,14H,1-6,9H2,(H2,18,20)/t11-,14-/m1/s1. The zero-order chi connectivity index (χ0) is 14.1. The number of nitrogens with zero attached hydrogens (tertiary/aromatic N) is 1. The summed E-state index contributed by atoms with van der Waals surface area (Å²) in [5, 5.41) is 0.762. The van der Waals surface area contributed by atoms with E-state index in [0.717, 1.165) is 28.7 Å². The third-order valence-corrected chi connectivity index (χ3v) is 5.23. The van der Waals surface area contributed by atoms with Gasteiger partial charge in [0.15, 0.2) is 0 Å². The molecule has 2 aliphatic rings. The lowest BCUT2D eigenvalue weighted by Gasteiger charge is -2.46. The number of nitrogens with two attached hydrogens (primary N) is 1. The highest BCUT2D eigenvalue weighted by molar-refractivity contribution is 7.80. The van der Waals surface area contributed by atoms with Gasteiger partial charge in [0.05, 0.1) is 0 Å². The summed E-state index contributed by atoms with van der Waals surface area (Å²) in [5.41, 5.74) is 8.01. The molecule has 1 aliphatic heterocycles. The van der Waals surface area contributed by atoms with Crippen LogP contribution in [0.25, 0.3) is 0 Å².